The fraction of sp³-hybridized carbons (Fsp3) is 0.667. The summed E-state index contributed by atoms with van der Waals surface area (Å²) < 4.78 is 11.3. The van der Waals surface area contributed by atoms with Crippen molar-refractivity contribution in [1.82, 2.24) is 5.32 Å². The molecule has 1 aliphatic heterocycles. The minimum absolute atomic E-state index is 0.388. The molecule has 1 N–H and O–H groups in total. The molecule has 0 aromatic heterocycles. The lowest BCUT2D eigenvalue weighted by Crippen LogP contribution is -2.23. The Labute approximate surface area is 129 Å². The minimum atomic E-state index is 0.388. The van der Waals surface area contributed by atoms with Gasteiger partial charge in [-0.2, -0.15) is 0 Å². The summed E-state index contributed by atoms with van der Waals surface area (Å²) in [5.74, 6) is 1.00. The molecule has 0 radical (unpaired) electrons. The summed E-state index contributed by atoms with van der Waals surface area (Å²) in [6.45, 7) is 5.17. The maximum Gasteiger partial charge on any atom is 0.124 e. The van der Waals surface area contributed by atoms with Crippen LogP contribution < -0.4 is 10.1 Å². The smallest absolute Gasteiger partial charge is 0.124 e. The number of benzene rings is 1. The van der Waals surface area contributed by atoms with Crippen LogP contribution in [0, 0.1) is 13.8 Å². The zero-order valence-corrected chi connectivity index (χ0v) is 13.9. The summed E-state index contributed by atoms with van der Waals surface area (Å²) in [7, 11) is 3.78. The zero-order chi connectivity index (χ0) is 15.2. The van der Waals surface area contributed by atoms with Crippen molar-refractivity contribution in [2.45, 2.75) is 58.1 Å². The summed E-state index contributed by atoms with van der Waals surface area (Å²) in [5, 5.41) is 3.45. The van der Waals surface area contributed by atoms with E-state index >= 15 is 0 Å². The van der Waals surface area contributed by atoms with E-state index in [1.165, 1.54) is 36.0 Å². The summed E-state index contributed by atoms with van der Waals surface area (Å²) >= 11 is 0. The van der Waals surface area contributed by atoms with Gasteiger partial charge in [-0.25, -0.2) is 0 Å². The minimum Gasteiger partial charge on any atom is -0.496 e. The van der Waals surface area contributed by atoms with E-state index < -0.39 is 0 Å². The van der Waals surface area contributed by atoms with Crippen LogP contribution in [0.3, 0.4) is 0 Å². The number of methoxy groups -OCH3 is 1. The fourth-order valence-electron chi connectivity index (χ4n) is 3.37. The van der Waals surface area contributed by atoms with E-state index in [2.05, 4.69) is 31.3 Å². The molecule has 1 aromatic carbocycles. The van der Waals surface area contributed by atoms with E-state index in [0.717, 1.165) is 25.2 Å². The van der Waals surface area contributed by atoms with Gasteiger partial charge in [0.25, 0.3) is 0 Å². The first-order valence-electron chi connectivity index (χ1n) is 8.09. The van der Waals surface area contributed by atoms with Gasteiger partial charge in [0.1, 0.15) is 5.75 Å². The van der Waals surface area contributed by atoms with Crippen molar-refractivity contribution in [3.63, 3.8) is 0 Å². The molecule has 0 spiro atoms. The number of hydrogen-bond donors (Lipinski definition) is 1. The van der Waals surface area contributed by atoms with Crippen molar-refractivity contribution in [2.24, 2.45) is 0 Å². The molecule has 0 bridgehead atoms. The Morgan fingerprint density at radius 2 is 2.00 bits per heavy atom. The molecule has 2 unspecified atom stereocenters. The van der Waals surface area contributed by atoms with Crippen LogP contribution in [0.1, 0.15) is 54.8 Å². The maximum absolute atomic E-state index is 5.84. The second-order valence-corrected chi connectivity index (χ2v) is 6.10. The first-order chi connectivity index (χ1) is 10.2. The monoisotopic (exact) mass is 291 g/mol. The van der Waals surface area contributed by atoms with Crippen molar-refractivity contribution in [2.75, 3.05) is 20.8 Å². The van der Waals surface area contributed by atoms with E-state index in [4.69, 9.17) is 9.47 Å². The predicted octanol–water partition coefficient (Wildman–Crippen LogP) is 3.92. The van der Waals surface area contributed by atoms with Gasteiger partial charge in [0.2, 0.25) is 0 Å². The van der Waals surface area contributed by atoms with Crippen LogP contribution in [-0.4, -0.2) is 26.9 Å². The molecule has 1 aromatic rings. The largest absolute Gasteiger partial charge is 0.496 e. The molecule has 1 heterocycles. The van der Waals surface area contributed by atoms with Crippen molar-refractivity contribution in [3.8, 4) is 5.75 Å². The Hall–Kier alpha value is -1.06. The molecule has 21 heavy (non-hydrogen) atoms. The maximum atomic E-state index is 5.84. The third-order valence-electron chi connectivity index (χ3n) is 4.49. The van der Waals surface area contributed by atoms with Gasteiger partial charge >= 0.3 is 0 Å². The number of aryl methyl sites for hydroxylation is 2. The van der Waals surface area contributed by atoms with E-state index in [-0.39, 0.29) is 0 Å². The van der Waals surface area contributed by atoms with E-state index in [9.17, 15) is 0 Å². The van der Waals surface area contributed by atoms with Crippen LogP contribution in [0.25, 0.3) is 0 Å². The molecule has 0 saturated carbocycles. The molecule has 2 rings (SSSR count). The van der Waals surface area contributed by atoms with Crippen molar-refractivity contribution in [3.05, 3.63) is 28.8 Å². The van der Waals surface area contributed by atoms with Gasteiger partial charge < -0.3 is 14.8 Å². The lowest BCUT2D eigenvalue weighted by molar-refractivity contribution is 0.00866. The van der Waals surface area contributed by atoms with E-state index in [0.29, 0.717) is 12.1 Å². The highest BCUT2D eigenvalue weighted by Crippen LogP contribution is 2.30. The molecule has 1 aliphatic rings. The Balaban J connectivity index is 2.03. The Bertz CT molecular complexity index is 430. The summed E-state index contributed by atoms with van der Waals surface area (Å²) in [6.07, 6.45) is 6.47. The van der Waals surface area contributed by atoms with Crippen molar-refractivity contribution in [1.29, 1.82) is 0 Å². The lowest BCUT2D eigenvalue weighted by Gasteiger charge is -2.25. The number of ether oxygens (including phenoxy) is 2. The molecular formula is C18H29NO2. The van der Waals surface area contributed by atoms with Crippen molar-refractivity contribution >= 4 is 0 Å². The molecule has 3 nitrogen and oxygen atoms in total. The molecule has 1 saturated heterocycles. The molecular weight excluding hydrogens is 262 g/mol. The summed E-state index contributed by atoms with van der Waals surface area (Å²) in [4.78, 5) is 0. The Morgan fingerprint density at radius 1 is 1.29 bits per heavy atom. The highest BCUT2D eigenvalue weighted by atomic mass is 16.5. The third-order valence-corrected chi connectivity index (χ3v) is 4.49. The highest BCUT2D eigenvalue weighted by molar-refractivity contribution is 5.44. The predicted molar refractivity (Wildman–Crippen MR) is 87.1 cm³/mol. The molecule has 118 valence electrons. The Morgan fingerprint density at radius 3 is 2.52 bits per heavy atom. The number of rotatable bonds is 6. The van der Waals surface area contributed by atoms with Crippen LogP contribution in [0.4, 0.5) is 0 Å². The van der Waals surface area contributed by atoms with E-state index in [1.807, 2.05) is 7.05 Å². The van der Waals surface area contributed by atoms with Gasteiger partial charge in [0.05, 0.1) is 13.2 Å². The topological polar surface area (TPSA) is 30.5 Å². The van der Waals surface area contributed by atoms with Crippen LogP contribution >= 0.6 is 0 Å². The van der Waals surface area contributed by atoms with Gasteiger partial charge in [-0.05, 0) is 69.7 Å². The quantitative estimate of drug-likeness (QED) is 0.861. The zero-order valence-electron chi connectivity index (χ0n) is 13.9. The van der Waals surface area contributed by atoms with E-state index in [1.54, 1.807) is 7.11 Å². The van der Waals surface area contributed by atoms with Crippen LogP contribution in [0.15, 0.2) is 12.1 Å². The van der Waals surface area contributed by atoms with Gasteiger partial charge in [-0.3, -0.25) is 0 Å². The first kappa shape index (κ1) is 16.3. The van der Waals surface area contributed by atoms with Crippen LogP contribution in [0.2, 0.25) is 0 Å². The van der Waals surface area contributed by atoms with Gasteiger partial charge in [-0.1, -0.05) is 12.1 Å². The lowest BCUT2D eigenvalue weighted by atomic mass is 9.94. The van der Waals surface area contributed by atoms with Gasteiger partial charge in [-0.15, -0.1) is 0 Å². The first-order valence-corrected chi connectivity index (χ1v) is 8.09. The summed E-state index contributed by atoms with van der Waals surface area (Å²) in [5.41, 5.74) is 3.77. The van der Waals surface area contributed by atoms with Crippen LogP contribution in [0.5, 0.6) is 5.75 Å². The number of hydrogen-bond acceptors (Lipinski definition) is 3. The van der Waals surface area contributed by atoms with Crippen LogP contribution in [-0.2, 0) is 4.74 Å². The SMILES string of the molecule is CNC(CCC1CCCCO1)c1cc(C)c(OC)c(C)c1. The highest BCUT2D eigenvalue weighted by Gasteiger charge is 2.18. The molecule has 2 atom stereocenters. The molecule has 0 amide bonds. The van der Waals surface area contributed by atoms with Gasteiger partial charge in [0, 0.05) is 12.6 Å². The normalized spacial score (nSPS) is 20.3. The third kappa shape index (κ3) is 4.21. The average molecular weight is 291 g/mol. The molecule has 3 heteroatoms. The number of nitrogens with one attached hydrogen (secondary N) is 1. The fourth-order valence-corrected chi connectivity index (χ4v) is 3.37. The second kappa shape index (κ2) is 7.81. The Kier molecular flexibility index (Phi) is 6.07. The standard InChI is InChI=1S/C18H29NO2/c1-13-11-15(12-14(2)18(13)20-4)17(19-3)9-8-16-7-5-6-10-21-16/h11-12,16-17,19H,5-10H2,1-4H3. The molecule has 1 fully saturated rings. The molecule has 0 aliphatic carbocycles. The van der Waals surface area contributed by atoms with Crippen molar-refractivity contribution < 1.29 is 9.47 Å². The summed E-state index contributed by atoms with van der Waals surface area (Å²) in [6, 6.07) is 4.88. The average Bonchev–Trinajstić information content (AvgIpc) is 2.49. The second-order valence-electron chi connectivity index (χ2n) is 6.10. The van der Waals surface area contributed by atoms with Gasteiger partial charge in [0.15, 0.2) is 0 Å².